The molecule has 1 amide bonds. The molecule has 9 heteroatoms. The van der Waals surface area contributed by atoms with Crippen LogP contribution in [-0.4, -0.2) is 37.7 Å². The molecule has 1 N–H and O–H groups in total. The Balaban J connectivity index is 1.66. The van der Waals surface area contributed by atoms with Crippen LogP contribution in [0.2, 0.25) is 0 Å². The molecule has 0 bridgehead atoms. The number of carbonyl (C=O) groups excluding carboxylic acids is 1. The Bertz CT molecular complexity index is 1130. The number of aromatic nitrogens is 1. The summed E-state index contributed by atoms with van der Waals surface area (Å²) in [6.45, 7) is 0.130. The molecule has 0 aliphatic carbocycles. The highest BCUT2D eigenvalue weighted by Crippen LogP contribution is 2.26. The number of halogens is 1. The Morgan fingerprint density at radius 2 is 1.93 bits per heavy atom. The average molecular weight is 494 g/mol. The topological polar surface area (TPSA) is 79.4 Å². The van der Waals surface area contributed by atoms with E-state index in [0.29, 0.717) is 11.3 Å². The van der Waals surface area contributed by atoms with Crippen LogP contribution in [0.3, 0.4) is 0 Å². The molecule has 1 heterocycles. The maximum absolute atomic E-state index is 12.5. The number of amides is 1. The molecule has 3 rings (SSSR count). The van der Waals surface area contributed by atoms with Crippen molar-refractivity contribution in [2.75, 3.05) is 14.1 Å². The van der Waals surface area contributed by atoms with Crippen LogP contribution in [0.5, 0.6) is 0 Å². The first-order chi connectivity index (χ1) is 13.8. The molecule has 0 saturated carbocycles. The van der Waals surface area contributed by atoms with Crippen LogP contribution in [0.25, 0.3) is 10.6 Å². The van der Waals surface area contributed by atoms with Gasteiger partial charge in [0.1, 0.15) is 5.01 Å². The van der Waals surface area contributed by atoms with E-state index in [4.69, 9.17) is 0 Å². The number of hydrogen-bond acceptors (Lipinski definition) is 5. The lowest BCUT2D eigenvalue weighted by molar-refractivity contribution is -0.120. The van der Waals surface area contributed by atoms with Crippen molar-refractivity contribution in [3.63, 3.8) is 0 Å². The van der Waals surface area contributed by atoms with Gasteiger partial charge in [0.15, 0.2) is 0 Å². The van der Waals surface area contributed by atoms with Gasteiger partial charge in [-0.15, -0.1) is 11.3 Å². The van der Waals surface area contributed by atoms with Crippen LogP contribution in [-0.2, 0) is 27.8 Å². The third-order valence-electron chi connectivity index (χ3n) is 4.17. The molecule has 0 aliphatic rings. The molecule has 0 spiro atoms. The van der Waals surface area contributed by atoms with Crippen molar-refractivity contribution in [2.24, 2.45) is 0 Å². The number of hydrogen-bond donors (Lipinski definition) is 1. The summed E-state index contributed by atoms with van der Waals surface area (Å²) in [5, 5.41) is 5.50. The van der Waals surface area contributed by atoms with Gasteiger partial charge in [0.2, 0.25) is 15.9 Å². The van der Waals surface area contributed by atoms with E-state index in [9.17, 15) is 13.2 Å². The second kappa shape index (κ2) is 9.17. The summed E-state index contributed by atoms with van der Waals surface area (Å²) in [6.07, 6.45) is 0.132. The van der Waals surface area contributed by atoms with Crippen LogP contribution < -0.4 is 5.32 Å². The fourth-order valence-corrected chi connectivity index (χ4v) is 4.99. The van der Waals surface area contributed by atoms with Crippen LogP contribution >= 0.6 is 27.3 Å². The lowest BCUT2D eigenvalue weighted by Gasteiger charge is -2.15. The zero-order valence-electron chi connectivity index (χ0n) is 15.9. The lowest BCUT2D eigenvalue weighted by Crippen LogP contribution is -2.28. The largest absolute Gasteiger partial charge is 0.352 e. The summed E-state index contributed by atoms with van der Waals surface area (Å²) in [6, 6.07) is 14.5. The van der Waals surface area contributed by atoms with Crippen LogP contribution in [0, 0.1) is 0 Å². The molecular formula is C20H20BrN3O3S2. The predicted octanol–water partition coefficient (Wildman–Crippen LogP) is 3.68. The Labute approximate surface area is 182 Å². The molecule has 29 heavy (non-hydrogen) atoms. The second-order valence-corrected chi connectivity index (χ2v) is 10.4. The number of nitrogens with zero attached hydrogens (tertiary/aromatic N) is 2. The van der Waals surface area contributed by atoms with Crippen molar-refractivity contribution in [3.05, 3.63) is 69.6 Å². The minimum atomic E-state index is -3.58. The van der Waals surface area contributed by atoms with E-state index in [1.165, 1.54) is 25.4 Å². The number of sulfonamides is 1. The van der Waals surface area contributed by atoms with Crippen molar-refractivity contribution in [2.45, 2.75) is 17.9 Å². The Morgan fingerprint density at radius 1 is 1.17 bits per heavy atom. The zero-order chi connectivity index (χ0) is 21.0. The average Bonchev–Trinajstić information content (AvgIpc) is 3.15. The van der Waals surface area contributed by atoms with Gasteiger partial charge in [-0.3, -0.25) is 4.79 Å². The van der Waals surface area contributed by atoms with Crippen molar-refractivity contribution >= 4 is 43.2 Å². The monoisotopic (exact) mass is 493 g/mol. The minimum absolute atomic E-state index is 0.130. The summed E-state index contributed by atoms with van der Waals surface area (Å²) in [7, 11) is -0.614. The number of benzene rings is 2. The molecule has 2 aromatic carbocycles. The summed E-state index contributed by atoms with van der Waals surface area (Å²) >= 11 is 4.92. The molecule has 0 fully saturated rings. The van der Waals surface area contributed by atoms with Gasteiger partial charge in [-0.25, -0.2) is 17.7 Å². The molecule has 0 atom stereocenters. The minimum Gasteiger partial charge on any atom is -0.352 e. The van der Waals surface area contributed by atoms with Crippen molar-refractivity contribution in [1.29, 1.82) is 0 Å². The SMILES string of the molecule is CN(C)S(=O)(=O)c1ccccc1CNC(=O)Cc1csc(-c2cccc(Br)c2)n1. The van der Waals surface area contributed by atoms with Gasteiger partial charge in [-0.1, -0.05) is 46.3 Å². The summed E-state index contributed by atoms with van der Waals surface area (Å²) in [5.41, 5.74) is 2.21. The Hall–Kier alpha value is -2.07. The molecule has 0 saturated heterocycles. The predicted molar refractivity (Wildman–Crippen MR) is 118 cm³/mol. The lowest BCUT2D eigenvalue weighted by atomic mass is 10.2. The van der Waals surface area contributed by atoms with E-state index in [1.807, 2.05) is 29.6 Å². The van der Waals surface area contributed by atoms with Gasteiger partial charge in [0, 0.05) is 36.1 Å². The van der Waals surface area contributed by atoms with Crippen molar-refractivity contribution < 1.29 is 13.2 Å². The Morgan fingerprint density at radius 3 is 2.66 bits per heavy atom. The summed E-state index contributed by atoms with van der Waals surface area (Å²) < 4.78 is 27.0. The first-order valence-electron chi connectivity index (χ1n) is 8.75. The summed E-state index contributed by atoms with van der Waals surface area (Å²) in [5.74, 6) is -0.215. The maximum Gasteiger partial charge on any atom is 0.242 e. The first kappa shape index (κ1) is 21.6. The fraction of sp³-hybridized carbons (Fsp3) is 0.200. The fourth-order valence-electron chi connectivity index (χ4n) is 2.66. The van der Waals surface area contributed by atoms with Gasteiger partial charge in [0.25, 0.3) is 0 Å². The Kier molecular flexibility index (Phi) is 6.84. The highest BCUT2D eigenvalue weighted by Gasteiger charge is 2.21. The molecule has 152 valence electrons. The standard InChI is InChI=1S/C20H20BrN3O3S2/c1-24(2)29(26,27)18-9-4-3-6-15(18)12-22-19(25)11-17-13-28-20(23-17)14-7-5-8-16(21)10-14/h3-10,13H,11-12H2,1-2H3,(H,22,25). The third kappa shape index (κ3) is 5.30. The number of thiazole rings is 1. The van der Waals surface area contributed by atoms with Gasteiger partial charge in [-0.2, -0.15) is 0 Å². The number of rotatable bonds is 7. The van der Waals surface area contributed by atoms with Crippen molar-refractivity contribution in [1.82, 2.24) is 14.6 Å². The maximum atomic E-state index is 12.5. The highest BCUT2D eigenvalue weighted by molar-refractivity contribution is 9.10. The van der Waals surface area contributed by atoms with E-state index in [1.54, 1.807) is 24.3 Å². The molecule has 6 nitrogen and oxygen atoms in total. The van der Waals surface area contributed by atoms with Crippen molar-refractivity contribution in [3.8, 4) is 10.6 Å². The third-order valence-corrected chi connectivity index (χ3v) is 7.52. The molecule has 0 aliphatic heterocycles. The van der Waals surface area contributed by atoms with E-state index < -0.39 is 10.0 Å². The number of nitrogens with one attached hydrogen (secondary N) is 1. The van der Waals surface area contributed by atoms with Crippen LogP contribution in [0.15, 0.2) is 63.3 Å². The van der Waals surface area contributed by atoms with Gasteiger partial charge in [0.05, 0.1) is 17.0 Å². The smallest absolute Gasteiger partial charge is 0.242 e. The van der Waals surface area contributed by atoms with Crippen LogP contribution in [0.4, 0.5) is 0 Å². The van der Waals surface area contributed by atoms with Gasteiger partial charge < -0.3 is 5.32 Å². The molecule has 0 radical (unpaired) electrons. The second-order valence-electron chi connectivity index (χ2n) is 6.50. The van der Waals surface area contributed by atoms with E-state index in [0.717, 1.165) is 19.3 Å². The number of carbonyl (C=O) groups is 1. The van der Waals surface area contributed by atoms with E-state index in [2.05, 4.69) is 26.2 Å². The summed E-state index contributed by atoms with van der Waals surface area (Å²) in [4.78, 5) is 17.1. The molecule has 1 aromatic heterocycles. The zero-order valence-corrected chi connectivity index (χ0v) is 19.1. The molecule has 3 aromatic rings. The molecular weight excluding hydrogens is 474 g/mol. The quantitative estimate of drug-likeness (QED) is 0.544. The van der Waals surface area contributed by atoms with Crippen LogP contribution in [0.1, 0.15) is 11.3 Å². The van der Waals surface area contributed by atoms with E-state index in [-0.39, 0.29) is 23.8 Å². The van der Waals surface area contributed by atoms with Gasteiger partial charge in [-0.05, 0) is 23.8 Å². The van der Waals surface area contributed by atoms with E-state index >= 15 is 0 Å². The highest BCUT2D eigenvalue weighted by atomic mass is 79.9. The molecule has 0 unspecified atom stereocenters. The first-order valence-corrected chi connectivity index (χ1v) is 11.9. The van der Waals surface area contributed by atoms with Gasteiger partial charge >= 0.3 is 0 Å². The normalized spacial score (nSPS) is 11.6.